The monoisotopic (exact) mass is 302 g/mol. The van der Waals surface area contributed by atoms with Gasteiger partial charge in [0.2, 0.25) is 0 Å². The van der Waals surface area contributed by atoms with Crippen LogP contribution in [0.1, 0.15) is 80.1 Å². The molecule has 2 aliphatic rings. The molecule has 0 aromatic rings. The van der Waals surface area contributed by atoms with Crippen LogP contribution in [0.2, 0.25) is 0 Å². The maximum Gasteiger partial charge on any atom is 0.00980 e. The fraction of sp³-hybridized carbons (Fsp3) is 1.00. The second kappa shape index (κ2) is 14.8. The molecule has 0 unspecified atom stereocenters. The summed E-state index contributed by atoms with van der Waals surface area (Å²) in [4.78, 5) is 2.76. The van der Waals surface area contributed by atoms with E-state index in [0.717, 1.165) is 18.0 Å². The smallest absolute Gasteiger partial charge is 0.00980 e. The Morgan fingerprint density at radius 1 is 1.00 bits per heavy atom. The summed E-state index contributed by atoms with van der Waals surface area (Å²) in [5, 5.41) is 3.46. The van der Waals surface area contributed by atoms with Crippen molar-refractivity contribution in [1.29, 1.82) is 0 Å². The van der Waals surface area contributed by atoms with Crippen LogP contribution in [-0.4, -0.2) is 42.1 Å². The third kappa shape index (κ3) is 9.49. The largest absolute Gasteiger partial charge is 0.412 e. The minimum absolute atomic E-state index is 0. The summed E-state index contributed by atoms with van der Waals surface area (Å²) >= 11 is 0. The minimum Gasteiger partial charge on any atom is -0.412 e. The fourth-order valence-corrected chi connectivity index (χ4v) is 2.86. The zero-order chi connectivity index (χ0) is 15.4. The molecule has 0 aromatic carbocycles. The van der Waals surface area contributed by atoms with E-state index in [2.05, 4.69) is 37.9 Å². The van der Waals surface area contributed by atoms with Crippen molar-refractivity contribution in [3.05, 3.63) is 0 Å². The summed E-state index contributed by atoms with van der Waals surface area (Å²) in [5.41, 5.74) is 0. The van der Waals surface area contributed by atoms with Gasteiger partial charge in [0.1, 0.15) is 0 Å². The summed E-state index contributed by atoms with van der Waals surface area (Å²) < 4.78 is 0. The van der Waals surface area contributed by atoms with Crippen molar-refractivity contribution in [2.24, 2.45) is 5.92 Å². The average molecular weight is 303 g/mol. The molecule has 21 heavy (non-hydrogen) atoms. The van der Waals surface area contributed by atoms with Crippen LogP contribution in [0.5, 0.6) is 0 Å². The first-order chi connectivity index (χ1) is 9.69. The molecule has 1 saturated heterocycles. The first-order valence-electron chi connectivity index (χ1n) is 9.15. The summed E-state index contributed by atoms with van der Waals surface area (Å²) in [6.45, 7) is 16.8. The Bertz CT molecular complexity index is 199. The predicted octanol–water partition coefficient (Wildman–Crippen LogP) is 3.87. The average Bonchev–Trinajstić information content (AvgIpc) is 2.40. The van der Waals surface area contributed by atoms with E-state index in [1.807, 2.05) is 13.8 Å². The van der Waals surface area contributed by atoms with E-state index in [-0.39, 0.29) is 5.48 Å². The number of nitrogens with one attached hydrogen (secondary N) is 1. The molecule has 1 saturated carbocycles. The number of piperidine rings is 1. The quantitative estimate of drug-likeness (QED) is 0.857. The van der Waals surface area contributed by atoms with Crippen LogP contribution >= 0.6 is 0 Å². The summed E-state index contributed by atoms with van der Waals surface area (Å²) in [5.74, 6) is 0.953. The molecule has 2 fully saturated rings. The van der Waals surface area contributed by atoms with Gasteiger partial charge < -0.3 is 10.8 Å². The molecular formula is C18H42N2O. The highest BCUT2D eigenvalue weighted by Gasteiger charge is 2.28. The molecule has 0 atom stereocenters. The molecule has 3 heteroatoms. The second-order valence-corrected chi connectivity index (χ2v) is 6.28. The van der Waals surface area contributed by atoms with Crippen LogP contribution in [0.25, 0.3) is 0 Å². The van der Waals surface area contributed by atoms with Crippen molar-refractivity contribution in [2.45, 2.75) is 92.2 Å². The van der Waals surface area contributed by atoms with Crippen LogP contribution in [0.3, 0.4) is 0 Å². The molecule has 0 radical (unpaired) electrons. The van der Waals surface area contributed by atoms with Crippen LogP contribution in [0.4, 0.5) is 0 Å². The SMILES string of the molecule is CC.CC(C)N(CC1CCNCC1)C1CCC1.CCC.O. The van der Waals surface area contributed by atoms with E-state index < -0.39 is 0 Å². The molecule has 2 rings (SSSR count). The predicted molar refractivity (Wildman–Crippen MR) is 96.0 cm³/mol. The van der Waals surface area contributed by atoms with Crippen LogP contribution in [0, 0.1) is 5.92 Å². The molecule has 0 spiro atoms. The van der Waals surface area contributed by atoms with Gasteiger partial charge in [-0.05, 0) is 58.5 Å². The van der Waals surface area contributed by atoms with Crippen molar-refractivity contribution in [1.82, 2.24) is 10.2 Å². The maximum atomic E-state index is 3.46. The van der Waals surface area contributed by atoms with Gasteiger partial charge in [-0.1, -0.05) is 40.5 Å². The topological polar surface area (TPSA) is 46.8 Å². The second-order valence-electron chi connectivity index (χ2n) is 6.28. The summed E-state index contributed by atoms with van der Waals surface area (Å²) in [6.07, 6.45) is 8.37. The lowest BCUT2D eigenvalue weighted by atomic mass is 9.88. The van der Waals surface area contributed by atoms with Gasteiger partial charge in [-0.25, -0.2) is 0 Å². The van der Waals surface area contributed by atoms with E-state index in [1.165, 1.54) is 58.2 Å². The number of rotatable bonds is 4. The third-order valence-corrected chi connectivity index (χ3v) is 4.13. The van der Waals surface area contributed by atoms with Crippen molar-refractivity contribution in [3.63, 3.8) is 0 Å². The van der Waals surface area contributed by atoms with E-state index in [1.54, 1.807) is 0 Å². The van der Waals surface area contributed by atoms with E-state index in [4.69, 9.17) is 0 Å². The van der Waals surface area contributed by atoms with E-state index in [0.29, 0.717) is 0 Å². The summed E-state index contributed by atoms with van der Waals surface area (Å²) in [6, 6.07) is 1.66. The molecule has 1 heterocycles. The first kappa shape index (κ1) is 23.2. The van der Waals surface area contributed by atoms with Gasteiger partial charge in [0, 0.05) is 18.6 Å². The molecule has 3 nitrogen and oxygen atoms in total. The Hall–Kier alpha value is -0.120. The van der Waals surface area contributed by atoms with Crippen LogP contribution < -0.4 is 5.32 Å². The van der Waals surface area contributed by atoms with Crippen molar-refractivity contribution < 1.29 is 5.48 Å². The molecule has 1 aliphatic carbocycles. The summed E-state index contributed by atoms with van der Waals surface area (Å²) in [7, 11) is 0. The fourth-order valence-electron chi connectivity index (χ4n) is 2.86. The normalized spacial score (nSPS) is 18.9. The van der Waals surface area contributed by atoms with E-state index in [9.17, 15) is 0 Å². The third-order valence-electron chi connectivity index (χ3n) is 4.13. The Balaban J connectivity index is 0. The minimum atomic E-state index is 0. The molecule has 0 bridgehead atoms. The number of nitrogens with zero attached hydrogens (tertiary/aromatic N) is 1. The molecular weight excluding hydrogens is 260 g/mol. The molecule has 130 valence electrons. The van der Waals surface area contributed by atoms with Crippen molar-refractivity contribution >= 4 is 0 Å². The van der Waals surface area contributed by atoms with Gasteiger partial charge in [0.25, 0.3) is 0 Å². The van der Waals surface area contributed by atoms with Gasteiger partial charge in [-0.2, -0.15) is 0 Å². The van der Waals surface area contributed by atoms with Crippen molar-refractivity contribution in [2.75, 3.05) is 19.6 Å². The highest BCUT2D eigenvalue weighted by atomic mass is 16.0. The lowest BCUT2D eigenvalue weighted by Crippen LogP contribution is -2.48. The standard InChI is InChI=1S/C13H26N2.C3H8.C2H6.H2O/c1-11(2)15(13-4-3-5-13)10-12-6-8-14-9-7-12;1-3-2;1-2;/h11-14H,3-10H2,1-2H3;3H2,1-2H3;1-2H3;1H2. The van der Waals surface area contributed by atoms with Crippen molar-refractivity contribution in [3.8, 4) is 0 Å². The molecule has 0 aromatic heterocycles. The molecule has 3 N–H and O–H groups in total. The first-order valence-corrected chi connectivity index (χ1v) is 9.15. The van der Waals surface area contributed by atoms with Gasteiger partial charge >= 0.3 is 0 Å². The number of hydrogen-bond acceptors (Lipinski definition) is 2. The Labute approximate surface area is 134 Å². The van der Waals surface area contributed by atoms with Crippen LogP contribution in [0.15, 0.2) is 0 Å². The van der Waals surface area contributed by atoms with Gasteiger partial charge in [-0.3, -0.25) is 4.90 Å². The zero-order valence-electron chi connectivity index (χ0n) is 15.5. The maximum absolute atomic E-state index is 3.46. The Morgan fingerprint density at radius 3 is 1.81 bits per heavy atom. The highest BCUT2D eigenvalue weighted by Crippen LogP contribution is 2.28. The van der Waals surface area contributed by atoms with Gasteiger partial charge in [0.15, 0.2) is 0 Å². The Morgan fingerprint density at radius 2 is 1.48 bits per heavy atom. The van der Waals surface area contributed by atoms with Gasteiger partial charge in [-0.15, -0.1) is 0 Å². The number of hydrogen-bond donors (Lipinski definition) is 1. The molecule has 1 aliphatic heterocycles. The van der Waals surface area contributed by atoms with Gasteiger partial charge in [0.05, 0.1) is 0 Å². The van der Waals surface area contributed by atoms with E-state index >= 15 is 0 Å². The Kier molecular flexibility index (Phi) is 16.3. The van der Waals surface area contributed by atoms with Crippen LogP contribution in [-0.2, 0) is 0 Å². The lowest BCUT2D eigenvalue weighted by molar-refractivity contribution is 0.0699. The zero-order valence-corrected chi connectivity index (χ0v) is 15.5. The lowest BCUT2D eigenvalue weighted by Gasteiger charge is -2.42. The highest BCUT2D eigenvalue weighted by molar-refractivity contribution is 4.84. The molecule has 0 amide bonds.